The molecule has 0 aliphatic rings. The van der Waals surface area contributed by atoms with Crippen LogP contribution in [0.3, 0.4) is 0 Å². The Morgan fingerprint density at radius 3 is 2.67 bits per heavy atom. The molecule has 4 aromatic rings. The van der Waals surface area contributed by atoms with Crippen molar-refractivity contribution in [1.29, 1.82) is 0 Å². The lowest BCUT2D eigenvalue weighted by Crippen LogP contribution is -2.13. The van der Waals surface area contributed by atoms with E-state index < -0.39 is 0 Å². The van der Waals surface area contributed by atoms with Gasteiger partial charge < -0.3 is 5.32 Å². The van der Waals surface area contributed by atoms with E-state index in [1.807, 2.05) is 47.1 Å². The Hall–Kier alpha value is -3.61. The van der Waals surface area contributed by atoms with Crippen molar-refractivity contribution in [2.45, 2.75) is 0 Å². The molecule has 1 aromatic carbocycles. The Kier molecular flexibility index (Phi) is 3.43. The lowest BCUT2D eigenvalue weighted by molar-refractivity contribution is 0.102. The lowest BCUT2D eigenvalue weighted by atomic mass is 10.1. The van der Waals surface area contributed by atoms with Crippen LogP contribution in [-0.4, -0.2) is 30.2 Å². The summed E-state index contributed by atoms with van der Waals surface area (Å²) in [5.41, 5.74) is 2.71. The van der Waals surface area contributed by atoms with E-state index in [1.165, 1.54) is 18.6 Å². The Morgan fingerprint density at radius 2 is 1.92 bits per heavy atom. The van der Waals surface area contributed by atoms with Gasteiger partial charge in [-0.25, -0.2) is 15.0 Å². The molecule has 0 unspecified atom stereocenters. The number of nitrogens with one attached hydrogen (secondary N) is 1. The molecule has 0 aliphatic carbocycles. The van der Waals surface area contributed by atoms with Gasteiger partial charge in [-0.3, -0.25) is 14.2 Å². The number of hydrogen-bond acceptors (Lipinski definition) is 5. The molecule has 3 heterocycles. The molecule has 0 bridgehead atoms. The van der Waals surface area contributed by atoms with Gasteiger partial charge in [0.15, 0.2) is 0 Å². The fraction of sp³-hybridized carbons (Fsp3) is 0. The molecule has 4 rings (SSSR count). The van der Waals surface area contributed by atoms with Crippen molar-refractivity contribution in [2.24, 2.45) is 0 Å². The highest BCUT2D eigenvalue weighted by atomic mass is 16.1. The number of carbonyl (C=O) groups excluding carboxylic acids is 1. The second-order valence-electron chi connectivity index (χ2n) is 5.08. The van der Waals surface area contributed by atoms with E-state index in [9.17, 15) is 4.79 Å². The molecule has 0 saturated heterocycles. The van der Waals surface area contributed by atoms with Crippen molar-refractivity contribution >= 4 is 17.4 Å². The van der Waals surface area contributed by atoms with Crippen LogP contribution in [0.15, 0.2) is 67.5 Å². The van der Waals surface area contributed by atoms with Gasteiger partial charge in [0.2, 0.25) is 5.78 Å². The quantitative estimate of drug-likeness (QED) is 0.627. The molecule has 0 aliphatic heterocycles. The normalized spacial score (nSPS) is 10.7. The number of nitrogens with zero attached hydrogens (tertiary/aromatic N) is 5. The van der Waals surface area contributed by atoms with E-state index in [-0.39, 0.29) is 11.6 Å². The van der Waals surface area contributed by atoms with Crippen molar-refractivity contribution in [1.82, 2.24) is 24.3 Å². The summed E-state index contributed by atoms with van der Waals surface area (Å²) in [5.74, 6) is 0.348. The zero-order chi connectivity index (χ0) is 16.4. The fourth-order valence-electron chi connectivity index (χ4n) is 2.30. The molecule has 0 saturated carbocycles. The van der Waals surface area contributed by atoms with Crippen molar-refractivity contribution < 1.29 is 4.79 Å². The van der Waals surface area contributed by atoms with Gasteiger partial charge in [0.25, 0.3) is 5.91 Å². The molecule has 0 atom stereocenters. The Balaban J connectivity index is 1.55. The molecular formula is C17H12N6O. The molecule has 24 heavy (non-hydrogen) atoms. The van der Waals surface area contributed by atoms with Crippen molar-refractivity contribution in [3.05, 3.63) is 73.2 Å². The summed E-state index contributed by atoms with van der Waals surface area (Å²) >= 11 is 0. The Morgan fingerprint density at radius 1 is 1.04 bits per heavy atom. The maximum Gasteiger partial charge on any atom is 0.275 e. The van der Waals surface area contributed by atoms with Gasteiger partial charge in [-0.05, 0) is 18.2 Å². The molecule has 0 fully saturated rings. The van der Waals surface area contributed by atoms with Crippen LogP contribution >= 0.6 is 0 Å². The topological polar surface area (TPSA) is 85.1 Å². The zero-order valence-corrected chi connectivity index (χ0v) is 12.5. The van der Waals surface area contributed by atoms with Crippen LogP contribution in [0.4, 0.5) is 5.69 Å². The van der Waals surface area contributed by atoms with Gasteiger partial charge in [-0.1, -0.05) is 12.1 Å². The molecule has 1 N–H and O–H groups in total. The van der Waals surface area contributed by atoms with E-state index in [4.69, 9.17) is 0 Å². The third-order valence-electron chi connectivity index (χ3n) is 3.47. The van der Waals surface area contributed by atoms with Crippen molar-refractivity contribution in [3.63, 3.8) is 0 Å². The van der Waals surface area contributed by atoms with E-state index in [0.717, 1.165) is 11.3 Å². The second-order valence-corrected chi connectivity index (χ2v) is 5.08. The number of fused-ring (bicyclic) bond motifs is 1. The third-order valence-corrected chi connectivity index (χ3v) is 3.47. The number of aromatic nitrogens is 5. The number of hydrogen-bond donors (Lipinski definition) is 1. The number of rotatable bonds is 3. The minimum atomic E-state index is -0.298. The van der Waals surface area contributed by atoms with E-state index in [1.54, 1.807) is 6.20 Å². The molecule has 7 nitrogen and oxygen atoms in total. The third kappa shape index (κ3) is 2.70. The van der Waals surface area contributed by atoms with Gasteiger partial charge in [0, 0.05) is 42.2 Å². The summed E-state index contributed by atoms with van der Waals surface area (Å²) in [6.45, 7) is 0. The van der Waals surface area contributed by atoms with Crippen LogP contribution in [0.25, 0.3) is 17.0 Å². The monoisotopic (exact) mass is 316 g/mol. The summed E-state index contributed by atoms with van der Waals surface area (Å²) < 4.78 is 1.86. The maximum absolute atomic E-state index is 12.0. The minimum absolute atomic E-state index is 0.271. The fourth-order valence-corrected chi connectivity index (χ4v) is 2.30. The maximum atomic E-state index is 12.0. The number of benzene rings is 1. The van der Waals surface area contributed by atoms with Crippen LogP contribution in [0.2, 0.25) is 0 Å². The SMILES string of the molecule is O=C(Nc1ccc(-c2cn3cccnc3n2)cc1)c1cnccn1. The molecule has 7 heteroatoms. The van der Waals surface area contributed by atoms with Crippen molar-refractivity contribution in [3.8, 4) is 11.3 Å². The standard InChI is InChI=1S/C17H12N6O/c24-16(14-10-18-7-8-19-14)21-13-4-2-12(3-5-13)15-11-23-9-1-6-20-17(23)22-15/h1-11H,(H,21,24). The average molecular weight is 316 g/mol. The predicted molar refractivity (Wildman–Crippen MR) is 88.4 cm³/mol. The Labute approximate surface area is 137 Å². The molecular weight excluding hydrogens is 304 g/mol. The summed E-state index contributed by atoms with van der Waals surface area (Å²) in [4.78, 5) is 28.6. The number of imidazole rings is 1. The van der Waals surface area contributed by atoms with Crippen LogP contribution in [-0.2, 0) is 0 Å². The summed E-state index contributed by atoms with van der Waals surface area (Å²) in [6, 6.07) is 9.29. The highest BCUT2D eigenvalue weighted by Gasteiger charge is 2.08. The summed E-state index contributed by atoms with van der Waals surface area (Å²) in [6.07, 6.45) is 9.94. The van der Waals surface area contributed by atoms with Crippen LogP contribution in [0.1, 0.15) is 10.5 Å². The first-order valence-electron chi connectivity index (χ1n) is 7.27. The smallest absolute Gasteiger partial charge is 0.275 e. The summed E-state index contributed by atoms with van der Waals surface area (Å²) in [7, 11) is 0. The number of amides is 1. The van der Waals surface area contributed by atoms with Crippen molar-refractivity contribution in [2.75, 3.05) is 5.32 Å². The Bertz CT molecular complexity index is 961. The zero-order valence-electron chi connectivity index (χ0n) is 12.5. The molecule has 0 radical (unpaired) electrons. The van der Waals surface area contributed by atoms with Gasteiger partial charge in [0.05, 0.1) is 11.9 Å². The molecule has 3 aromatic heterocycles. The first-order chi connectivity index (χ1) is 11.8. The molecule has 116 valence electrons. The number of anilines is 1. The first-order valence-corrected chi connectivity index (χ1v) is 7.27. The summed E-state index contributed by atoms with van der Waals surface area (Å²) in [5, 5.41) is 2.78. The van der Waals surface area contributed by atoms with Gasteiger partial charge in [0.1, 0.15) is 5.69 Å². The van der Waals surface area contributed by atoms with Gasteiger partial charge in [-0.15, -0.1) is 0 Å². The number of carbonyl (C=O) groups is 1. The lowest BCUT2D eigenvalue weighted by Gasteiger charge is -2.05. The van der Waals surface area contributed by atoms with Crippen LogP contribution < -0.4 is 5.32 Å². The largest absolute Gasteiger partial charge is 0.321 e. The highest BCUT2D eigenvalue weighted by molar-refractivity contribution is 6.02. The van der Waals surface area contributed by atoms with Crippen LogP contribution in [0.5, 0.6) is 0 Å². The average Bonchev–Trinajstić information content (AvgIpc) is 3.07. The van der Waals surface area contributed by atoms with Crippen LogP contribution in [0, 0.1) is 0 Å². The van der Waals surface area contributed by atoms with E-state index in [2.05, 4.69) is 25.3 Å². The molecule has 1 amide bonds. The molecule has 0 spiro atoms. The highest BCUT2D eigenvalue weighted by Crippen LogP contribution is 2.21. The van der Waals surface area contributed by atoms with Gasteiger partial charge >= 0.3 is 0 Å². The predicted octanol–water partition coefficient (Wildman–Crippen LogP) is 2.44. The van der Waals surface area contributed by atoms with E-state index >= 15 is 0 Å². The second kappa shape index (κ2) is 5.88. The first kappa shape index (κ1) is 14.0. The van der Waals surface area contributed by atoms with Gasteiger partial charge in [-0.2, -0.15) is 0 Å². The minimum Gasteiger partial charge on any atom is -0.321 e. The van der Waals surface area contributed by atoms with E-state index in [0.29, 0.717) is 11.5 Å².